The third-order valence-corrected chi connectivity index (χ3v) is 4.82. The Balaban J connectivity index is 2.16. The predicted octanol–water partition coefficient (Wildman–Crippen LogP) is 3.57. The molecular formula is C11H9BrN4O3S2. The number of benzene rings is 1. The molecule has 10 heteroatoms. The lowest BCUT2D eigenvalue weighted by Gasteiger charge is -2.02. The number of aromatic nitrogens is 2. The highest BCUT2D eigenvalue weighted by molar-refractivity contribution is 9.10. The third kappa shape index (κ3) is 3.99. The van der Waals surface area contributed by atoms with Crippen molar-refractivity contribution in [3.05, 3.63) is 38.3 Å². The van der Waals surface area contributed by atoms with Gasteiger partial charge in [-0.1, -0.05) is 30.0 Å². The lowest BCUT2D eigenvalue weighted by atomic mass is 10.2. The molecule has 1 amide bonds. The smallest absolute Gasteiger partial charge is 0.284 e. The number of anilines is 1. The highest BCUT2D eigenvalue weighted by atomic mass is 79.9. The quantitative estimate of drug-likeness (QED) is 0.363. The molecule has 0 radical (unpaired) electrons. The molecule has 110 valence electrons. The molecule has 0 saturated carbocycles. The van der Waals surface area contributed by atoms with Crippen molar-refractivity contribution in [1.29, 1.82) is 0 Å². The first-order valence-corrected chi connectivity index (χ1v) is 8.32. The van der Waals surface area contributed by atoms with Gasteiger partial charge in [0, 0.05) is 11.6 Å². The zero-order valence-corrected chi connectivity index (χ0v) is 13.9. The predicted molar refractivity (Wildman–Crippen MR) is 85.1 cm³/mol. The van der Waals surface area contributed by atoms with Crippen molar-refractivity contribution in [3.8, 4) is 0 Å². The van der Waals surface area contributed by atoms with Crippen LogP contribution in [0, 0.1) is 10.1 Å². The Labute approximate surface area is 136 Å². The Morgan fingerprint density at radius 2 is 2.29 bits per heavy atom. The SMILES string of the molecule is CCSc1nnc(NC(=O)c2ccc(Br)c([N+](=O)[O-])c2)s1. The van der Waals surface area contributed by atoms with E-state index < -0.39 is 10.8 Å². The molecule has 0 aliphatic carbocycles. The van der Waals surface area contributed by atoms with E-state index in [9.17, 15) is 14.9 Å². The standard InChI is InChI=1S/C11H9BrN4O3S2/c1-2-20-11-15-14-10(21-11)13-9(17)6-3-4-7(12)8(5-6)16(18)19/h3-5H,2H2,1H3,(H,13,14,17). The van der Waals surface area contributed by atoms with Crippen LogP contribution in [0.4, 0.5) is 10.8 Å². The summed E-state index contributed by atoms with van der Waals surface area (Å²) in [5.74, 6) is 0.399. The number of thioether (sulfide) groups is 1. The Bertz CT molecular complexity index is 692. The van der Waals surface area contributed by atoms with Crippen molar-refractivity contribution >= 4 is 55.8 Å². The van der Waals surface area contributed by atoms with E-state index in [0.717, 1.165) is 10.1 Å². The summed E-state index contributed by atoms with van der Waals surface area (Å²) in [7, 11) is 0. The van der Waals surface area contributed by atoms with Gasteiger partial charge >= 0.3 is 0 Å². The summed E-state index contributed by atoms with van der Waals surface area (Å²) < 4.78 is 1.08. The first kappa shape index (κ1) is 15.9. The molecule has 0 saturated heterocycles. The van der Waals surface area contributed by atoms with E-state index in [1.54, 1.807) is 0 Å². The molecule has 1 aromatic carbocycles. The number of halogens is 1. The Kier molecular flexibility index (Phi) is 5.26. The van der Waals surface area contributed by atoms with Crippen LogP contribution in [0.3, 0.4) is 0 Å². The molecule has 21 heavy (non-hydrogen) atoms. The van der Waals surface area contributed by atoms with Gasteiger partial charge in [0.1, 0.15) is 0 Å². The maximum atomic E-state index is 12.1. The fraction of sp³-hybridized carbons (Fsp3) is 0.182. The first-order valence-electron chi connectivity index (χ1n) is 5.73. The summed E-state index contributed by atoms with van der Waals surface area (Å²) >= 11 is 5.86. The molecule has 7 nitrogen and oxygen atoms in total. The average molecular weight is 389 g/mol. The second-order valence-electron chi connectivity index (χ2n) is 3.68. The molecule has 0 aliphatic heterocycles. The summed E-state index contributed by atoms with van der Waals surface area (Å²) in [6.45, 7) is 1.99. The van der Waals surface area contributed by atoms with Gasteiger partial charge in [-0.15, -0.1) is 10.2 Å². The van der Waals surface area contributed by atoms with E-state index in [1.165, 1.54) is 41.3 Å². The molecular weight excluding hydrogens is 380 g/mol. The molecule has 1 N–H and O–H groups in total. The van der Waals surface area contributed by atoms with E-state index in [2.05, 4.69) is 31.4 Å². The lowest BCUT2D eigenvalue weighted by molar-refractivity contribution is -0.385. The van der Waals surface area contributed by atoms with Crippen molar-refractivity contribution in [1.82, 2.24) is 10.2 Å². The Morgan fingerprint density at radius 3 is 2.95 bits per heavy atom. The summed E-state index contributed by atoms with van der Waals surface area (Å²) in [5.41, 5.74) is 0.0203. The van der Waals surface area contributed by atoms with Gasteiger partial charge in [0.25, 0.3) is 11.6 Å². The van der Waals surface area contributed by atoms with Crippen molar-refractivity contribution in [2.45, 2.75) is 11.3 Å². The minimum Gasteiger partial charge on any atom is -0.296 e. The van der Waals surface area contributed by atoms with Crippen LogP contribution in [0.25, 0.3) is 0 Å². The largest absolute Gasteiger partial charge is 0.296 e. The highest BCUT2D eigenvalue weighted by Crippen LogP contribution is 2.27. The average Bonchev–Trinajstić information content (AvgIpc) is 2.86. The van der Waals surface area contributed by atoms with Gasteiger partial charge in [-0.25, -0.2) is 0 Å². The van der Waals surface area contributed by atoms with Crippen LogP contribution in [-0.2, 0) is 0 Å². The molecule has 0 atom stereocenters. The Hall–Kier alpha value is -1.52. The van der Waals surface area contributed by atoms with Gasteiger partial charge in [0.05, 0.1) is 9.40 Å². The van der Waals surface area contributed by atoms with Crippen molar-refractivity contribution in [3.63, 3.8) is 0 Å². The summed E-state index contributed by atoms with van der Waals surface area (Å²) in [6.07, 6.45) is 0. The number of carbonyl (C=O) groups is 1. The Morgan fingerprint density at radius 1 is 1.52 bits per heavy atom. The van der Waals surface area contributed by atoms with E-state index >= 15 is 0 Å². The van der Waals surface area contributed by atoms with Crippen LogP contribution in [0.5, 0.6) is 0 Å². The topological polar surface area (TPSA) is 98.0 Å². The van der Waals surface area contributed by atoms with E-state index in [1.807, 2.05) is 6.92 Å². The number of hydrogen-bond acceptors (Lipinski definition) is 7. The maximum absolute atomic E-state index is 12.1. The molecule has 0 unspecified atom stereocenters. The maximum Gasteiger partial charge on any atom is 0.284 e. The van der Waals surface area contributed by atoms with Crippen molar-refractivity contribution in [2.75, 3.05) is 11.1 Å². The van der Waals surface area contributed by atoms with Crippen LogP contribution < -0.4 is 5.32 Å². The number of rotatable bonds is 5. The normalized spacial score (nSPS) is 10.4. The zero-order chi connectivity index (χ0) is 15.4. The van der Waals surface area contributed by atoms with Crippen LogP contribution in [0.2, 0.25) is 0 Å². The fourth-order valence-electron chi connectivity index (χ4n) is 1.41. The molecule has 1 aromatic heterocycles. The summed E-state index contributed by atoms with van der Waals surface area (Å²) in [4.78, 5) is 22.3. The van der Waals surface area contributed by atoms with Crippen LogP contribution in [0.15, 0.2) is 27.0 Å². The summed E-state index contributed by atoms with van der Waals surface area (Å²) in [6, 6.07) is 4.17. The minimum atomic E-state index is -0.554. The van der Waals surface area contributed by atoms with E-state index in [0.29, 0.717) is 9.60 Å². The van der Waals surface area contributed by atoms with Gasteiger partial charge in [0.2, 0.25) is 5.13 Å². The molecule has 0 aliphatic rings. The molecule has 2 rings (SSSR count). The van der Waals surface area contributed by atoms with Gasteiger partial charge in [0.15, 0.2) is 4.34 Å². The first-order chi connectivity index (χ1) is 10.0. The number of carbonyl (C=O) groups excluding carboxylic acids is 1. The minimum absolute atomic E-state index is 0.165. The third-order valence-electron chi connectivity index (χ3n) is 2.30. The van der Waals surface area contributed by atoms with Gasteiger partial charge in [-0.2, -0.15) is 0 Å². The van der Waals surface area contributed by atoms with Gasteiger partial charge < -0.3 is 0 Å². The molecule has 0 bridgehead atoms. The van der Waals surface area contributed by atoms with Gasteiger partial charge in [-0.05, 0) is 33.8 Å². The van der Waals surface area contributed by atoms with Crippen LogP contribution in [0.1, 0.15) is 17.3 Å². The molecule has 2 aromatic rings. The number of hydrogen-bond donors (Lipinski definition) is 1. The fourth-order valence-corrected chi connectivity index (χ4v) is 3.44. The number of nitro groups is 1. The summed E-state index contributed by atoms with van der Waals surface area (Å²) in [5, 5.41) is 21.6. The highest BCUT2D eigenvalue weighted by Gasteiger charge is 2.17. The zero-order valence-electron chi connectivity index (χ0n) is 10.7. The van der Waals surface area contributed by atoms with Gasteiger partial charge in [-0.3, -0.25) is 20.2 Å². The second-order valence-corrected chi connectivity index (χ2v) is 7.03. The number of nitro benzene ring substituents is 1. The van der Waals surface area contributed by atoms with Crippen molar-refractivity contribution < 1.29 is 9.72 Å². The van der Waals surface area contributed by atoms with E-state index in [4.69, 9.17) is 0 Å². The number of nitrogens with zero attached hydrogens (tertiary/aromatic N) is 3. The monoisotopic (exact) mass is 388 g/mol. The second kappa shape index (κ2) is 6.96. The molecule has 1 heterocycles. The van der Waals surface area contributed by atoms with E-state index in [-0.39, 0.29) is 11.3 Å². The lowest BCUT2D eigenvalue weighted by Crippen LogP contribution is -2.12. The molecule has 0 fully saturated rings. The van der Waals surface area contributed by atoms with Crippen molar-refractivity contribution in [2.24, 2.45) is 0 Å². The number of amides is 1. The number of nitrogens with one attached hydrogen (secondary N) is 1. The van der Waals surface area contributed by atoms with Crippen LogP contribution in [-0.4, -0.2) is 26.8 Å². The van der Waals surface area contributed by atoms with Crippen LogP contribution >= 0.6 is 39.0 Å². The molecule has 0 spiro atoms.